The molecule has 1 fully saturated rings. The van der Waals surface area contributed by atoms with E-state index in [1.165, 1.54) is 0 Å². The molecule has 2 aromatic carbocycles. The van der Waals surface area contributed by atoms with Gasteiger partial charge in [0.15, 0.2) is 0 Å². The minimum Gasteiger partial charge on any atom is -0.502 e. The Labute approximate surface area is 155 Å². The number of carbonyl (C=O) groups is 2. The van der Waals surface area contributed by atoms with Gasteiger partial charge in [0, 0.05) is 11.6 Å². The van der Waals surface area contributed by atoms with Crippen LogP contribution >= 0.6 is 11.8 Å². The van der Waals surface area contributed by atoms with Gasteiger partial charge >= 0.3 is 5.69 Å². The van der Waals surface area contributed by atoms with E-state index in [0.717, 1.165) is 17.0 Å². The lowest BCUT2D eigenvalue weighted by molar-refractivity contribution is -0.394. The number of para-hydroxylation sites is 1. The number of phenols is 1. The van der Waals surface area contributed by atoms with Gasteiger partial charge in [0.2, 0.25) is 5.75 Å². The van der Waals surface area contributed by atoms with Crippen molar-refractivity contribution in [1.29, 1.82) is 0 Å². The van der Waals surface area contributed by atoms with Crippen molar-refractivity contribution >= 4 is 46.0 Å². The molecule has 0 bridgehead atoms. The molecule has 2 amide bonds. The zero-order valence-electron chi connectivity index (χ0n) is 13.3. The number of phenolic OH excluding ortho intramolecular Hbond substituents is 1. The standard InChI is InChI=1S/C16H9N3O7S/c20-14-9(6-11(18(23)24)8-12(14)19(25)26)7-13-15(21)17(16(22)27-13)10-4-2-1-3-5-10/h1-8,20H/b13-7+. The first kappa shape index (κ1) is 18.1. The predicted octanol–water partition coefficient (Wildman–Crippen LogP) is 3.45. The Morgan fingerprint density at radius 1 is 1.04 bits per heavy atom. The highest BCUT2D eigenvalue weighted by atomic mass is 32.2. The van der Waals surface area contributed by atoms with Gasteiger partial charge in [0.1, 0.15) is 0 Å². The van der Waals surface area contributed by atoms with E-state index < -0.39 is 38.1 Å². The van der Waals surface area contributed by atoms with E-state index in [9.17, 15) is 34.9 Å². The number of nitrogens with zero attached hydrogens (tertiary/aromatic N) is 3. The number of imide groups is 1. The Kier molecular flexibility index (Phi) is 4.60. The topological polar surface area (TPSA) is 144 Å². The zero-order chi connectivity index (χ0) is 19.7. The number of nitro benzene ring substituents is 2. The summed E-state index contributed by atoms with van der Waals surface area (Å²) >= 11 is 0.556. The summed E-state index contributed by atoms with van der Waals surface area (Å²) in [5.41, 5.74) is -1.49. The molecule has 0 aliphatic carbocycles. The van der Waals surface area contributed by atoms with Crippen LogP contribution in [0.3, 0.4) is 0 Å². The molecule has 0 saturated carbocycles. The molecule has 1 aliphatic heterocycles. The zero-order valence-corrected chi connectivity index (χ0v) is 14.1. The number of thioether (sulfide) groups is 1. The van der Waals surface area contributed by atoms with Crippen LogP contribution in [0.25, 0.3) is 6.08 Å². The van der Waals surface area contributed by atoms with Gasteiger partial charge in [-0.3, -0.25) is 29.8 Å². The van der Waals surface area contributed by atoms with Crippen LogP contribution in [-0.4, -0.2) is 26.1 Å². The minimum atomic E-state index is -0.977. The van der Waals surface area contributed by atoms with Gasteiger partial charge in [-0.25, -0.2) is 4.90 Å². The van der Waals surface area contributed by atoms with Gasteiger partial charge in [-0.1, -0.05) is 18.2 Å². The first-order valence-corrected chi connectivity index (χ1v) is 8.10. The fourth-order valence-corrected chi connectivity index (χ4v) is 3.22. The lowest BCUT2D eigenvalue weighted by atomic mass is 10.1. The lowest BCUT2D eigenvalue weighted by Gasteiger charge is -2.11. The maximum atomic E-state index is 12.5. The highest BCUT2D eigenvalue weighted by Crippen LogP contribution is 2.40. The molecule has 0 radical (unpaired) electrons. The van der Waals surface area contributed by atoms with Gasteiger partial charge in [0.25, 0.3) is 16.8 Å². The van der Waals surface area contributed by atoms with Crippen LogP contribution in [0.15, 0.2) is 47.4 Å². The van der Waals surface area contributed by atoms with Crippen molar-refractivity contribution in [3.63, 3.8) is 0 Å². The second kappa shape index (κ2) is 6.88. The fourth-order valence-electron chi connectivity index (χ4n) is 2.39. The molecular weight excluding hydrogens is 378 g/mol. The van der Waals surface area contributed by atoms with Crippen molar-refractivity contribution < 1.29 is 24.5 Å². The van der Waals surface area contributed by atoms with Crippen molar-refractivity contribution in [3.05, 3.63) is 73.2 Å². The van der Waals surface area contributed by atoms with E-state index in [4.69, 9.17) is 0 Å². The van der Waals surface area contributed by atoms with Gasteiger partial charge in [0.05, 0.1) is 26.5 Å². The molecule has 10 nitrogen and oxygen atoms in total. The molecule has 136 valence electrons. The first-order chi connectivity index (χ1) is 12.8. The highest BCUT2D eigenvalue weighted by molar-refractivity contribution is 8.19. The molecule has 0 atom stereocenters. The third kappa shape index (κ3) is 3.35. The maximum Gasteiger partial charge on any atom is 0.318 e. The largest absolute Gasteiger partial charge is 0.502 e. The molecule has 0 unspecified atom stereocenters. The molecule has 0 aromatic heterocycles. The quantitative estimate of drug-likeness (QED) is 0.477. The second-order valence-electron chi connectivity index (χ2n) is 5.27. The smallest absolute Gasteiger partial charge is 0.318 e. The maximum absolute atomic E-state index is 12.5. The van der Waals surface area contributed by atoms with Crippen LogP contribution in [0.1, 0.15) is 5.56 Å². The second-order valence-corrected chi connectivity index (χ2v) is 6.26. The van der Waals surface area contributed by atoms with E-state index in [-0.39, 0.29) is 10.5 Å². The number of rotatable bonds is 4. The Balaban J connectivity index is 2.07. The van der Waals surface area contributed by atoms with E-state index in [1.54, 1.807) is 30.3 Å². The van der Waals surface area contributed by atoms with Crippen molar-refractivity contribution in [1.82, 2.24) is 0 Å². The molecular formula is C16H9N3O7S. The average Bonchev–Trinajstić information content (AvgIpc) is 2.90. The van der Waals surface area contributed by atoms with Gasteiger partial charge < -0.3 is 5.11 Å². The Morgan fingerprint density at radius 2 is 1.70 bits per heavy atom. The molecule has 1 saturated heterocycles. The highest BCUT2D eigenvalue weighted by Gasteiger charge is 2.36. The lowest BCUT2D eigenvalue weighted by Crippen LogP contribution is -2.27. The number of hydrogen-bond acceptors (Lipinski definition) is 8. The Bertz CT molecular complexity index is 1020. The molecule has 11 heteroatoms. The molecule has 1 heterocycles. The number of nitro groups is 2. The van der Waals surface area contributed by atoms with Crippen molar-refractivity contribution in [2.75, 3.05) is 4.90 Å². The summed E-state index contributed by atoms with van der Waals surface area (Å²) in [5.74, 6) is -1.54. The van der Waals surface area contributed by atoms with Crippen molar-refractivity contribution in [3.8, 4) is 5.75 Å². The van der Waals surface area contributed by atoms with Gasteiger partial charge in [-0.15, -0.1) is 0 Å². The third-order valence-electron chi connectivity index (χ3n) is 3.61. The SMILES string of the molecule is O=C1S/C(=C/c2cc([N+](=O)[O-])cc([N+](=O)[O-])c2O)C(=O)N1c1ccccc1. The summed E-state index contributed by atoms with van der Waals surface area (Å²) in [5, 5.41) is 31.4. The van der Waals surface area contributed by atoms with E-state index >= 15 is 0 Å². The summed E-state index contributed by atoms with van der Waals surface area (Å²) in [6.07, 6.45) is 1.02. The normalized spacial score (nSPS) is 15.4. The van der Waals surface area contributed by atoms with Crippen LogP contribution in [0, 0.1) is 20.2 Å². The molecule has 3 rings (SSSR count). The van der Waals surface area contributed by atoms with Crippen LogP contribution < -0.4 is 4.90 Å². The van der Waals surface area contributed by atoms with Crippen LogP contribution in [-0.2, 0) is 4.79 Å². The number of benzene rings is 2. The summed E-state index contributed by atoms with van der Waals surface area (Å²) in [4.78, 5) is 45.6. The molecule has 0 spiro atoms. The summed E-state index contributed by atoms with van der Waals surface area (Å²) in [6.45, 7) is 0. The van der Waals surface area contributed by atoms with Crippen molar-refractivity contribution in [2.24, 2.45) is 0 Å². The van der Waals surface area contributed by atoms with E-state index in [2.05, 4.69) is 0 Å². The monoisotopic (exact) mass is 387 g/mol. The van der Waals surface area contributed by atoms with Crippen LogP contribution in [0.4, 0.5) is 21.9 Å². The summed E-state index contributed by atoms with van der Waals surface area (Å²) < 4.78 is 0. The molecule has 1 aliphatic rings. The first-order valence-electron chi connectivity index (χ1n) is 7.28. The Morgan fingerprint density at radius 3 is 2.30 bits per heavy atom. The van der Waals surface area contributed by atoms with Gasteiger partial charge in [-0.05, 0) is 30.0 Å². The third-order valence-corrected chi connectivity index (χ3v) is 4.48. The van der Waals surface area contributed by atoms with Crippen LogP contribution in [0.2, 0.25) is 0 Å². The van der Waals surface area contributed by atoms with E-state index in [1.807, 2.05) is 0 Å². The average molecular weight is 387 g/mol. The minimum absolute atomic E-state index is 0.131. The number of anilines is 1. The van der Waals surface area contributed by atoms with E-state index in [0.29, 0.717) is 23.5 Å². The van der Waals surface area contributed by atoms with Crippen LogP contribution in [0.5, 0.6) is 5.75 Å². The number of non-ortho nitro benzene ring substituents is 1. The Hall–Kier alpha value is -3.73. The summed E-state index contributed by atoms with van der Waals surface area (Å²) in [6, 6.07) is 9.58. The number of hydrogen-bond donors (Lipinski definition) is 1. The summed E-state index contributed by atoms with van der Waals surface area (Å²) in [7, 11) is 0. The molecule has 2 aromatic rings. The van der Waals surface area contributed by atoms with Crippen molar-refractivity contribution in [2.45, 2.75) is 0 Å². The molecule has 27 heavy (non-hydrogen) atoms. The number of carbonyl (C=O) groups excluding carboxylic acids is 2. The predicted molar refractivity (Wildman–Crippen MR) is 96.3 cm³/mol. The number of amides is 2. The molecule has 1 N–H and O–H groups in total. The number of aromatic hydroxyl groups is 1. The fraction of sp³-hybridized carbons (Fsp3) is 0. The van der Waals surface area contributed by atoms with Gasteiger partial charge in [-0.2, -0.15) is 0 Å².